The summed E-state index contributed by atoms with van der Waals surface area (Å²) in [5.41, 5.74) is 8.87. The van der Waals surface area contributed by atoms with Crippen LogP contribution in [0.15, 0.2) is 40.2 Å². The molecule has 0 aliphatic carbocycles. The van der Waals surface area contributed by atoms with Crippen molar-refractivity contribution in [2.75, 3.05) is 5.73 Å². The maximum Gasteiger partial charge on any atom is 0.187 e. The predicted molar refractivity (Wildman–Crippen MR) is 74.9 cm³/mol. The Morgan fingerprint density at radius 2 is 2.00 bits per heavy atom. The van der Waals surface area contributed by atoms with Crippen LogP contribution in [-0.4, -0.2) is 9.97 Å². The Labute approximate surface area is 113 Å². The third-order valence-electron chi connectivity index (χ3n) is 2.26. The number of benzene rings is 1. The highest BCUT2D eigenvalue weighted by Crippen LogP contribution is 2.28. The zero-order valence-corrected chi connectivity index (χ0v) is 11.8. The van der Waals surface area contributed by atoms with Gasteiger partial charge in [-0.3, -0.25) is 0 Å². The van der Waals surface area contributed by atoms with Crippen LogP contribution in [0.1, 0.15) is 11.1 Å². The SMILES string of the molecule is Cc1cnc(SCc2c(N)cccc2Br)nc1. The van der Waals surface area contributed by atoms with E-state index in [9.17, 15) is 0 Å². The van der Waals surface area contributed by atoms with Crippen LogP contribution in [0.25, 0.3) is 0 Å². The Hall–Kier alpha value is -1.07. The normalized spacial score (nSPS) is 10.5. The minimum absolute atomic E-state index is 0.760. The molecule has 0 spiro atoms. The zero-order chi connectivity index (χ0) is 12.3. The standard InChI is InChI=1S/C12H12BrN3S/c1-8-5-15-12(16-6-8)17-7-9-10(13)3-2-4-11(9)14/h2-6H,7,14H2,1H3. The summed E-state index contributed by atoms with van der Waals surface area (Å²) >= 11 is 5.08. The average Bonchev–Trinajstić information content (AvgIpc) is 2.31. The van der Waals surface area contributed by atoms with Crippen LogP contribution >= 0.6 is 27.7 Å². The topological polar surface area (TPSA) is 51.8 Å². The van der Waals surface area contributed by atoms with Crippen molar-refractivity contribution < 1.29 is 0 Å². The van der Waals surface area contributed by atoms with Gasteiger partial charge in [0, 0.05) is 28.3 Å². The molecule has 0 bridgehead atoms. The van der Waals surface area contributed by atoms with Crippen LogP contribution in [0, 0.1) is 6.92 Å². The Bertz CT molecular complexity index is 493. The first-order valence-electron chi connectivity index (χ1n) is 5.11. The summed E-state index contributed by atoms with van der Waals surface area (Å²) in [6, 6.07) is 5.81. The predicted octanol–water partition coefficient (Wildman–Crippen LogP) is 3.42. The van der Waals surface area contributed by atoms with Gasteiger partial charge >= 0.3 is 0 Å². The van der Waals surface area contributed by atoms with Crippen LogP contribution in [-0.2, 0) is 5.75 Å². The maximum atomic E-state index is 5.93. The second kappa shape index (κ2) is 5.51. The van der Waals surface area contributed by atoms with E-state index in [2.05, 4.69) is 25.9 Å². The Balaban J connectivity index is 2.10. The smallest absolute Gasteiger partial charge is 0.187 e. The third kappa shape index (κ3) is 3.20. The molecule has 0 aliphatic rings. The maximum absolute atomic E-state index is 5.93. The molecule has 0 amide bonds. The second-order valence-corrected chi connectivity index (χ2v) is 5.44. The van der Waals surface area contributed by atoms with Crippen LogP contribution in [0.4, 0.5) is 5.69 Å². The van der Waals surface area contributed by atoms with Gasteiger partial charge in [-0.05, 0) is 30.2 Å². The van der Waals surface area contributed by atoms with E-state index in [-0.39, 0.29) is 0 Å². The van der Waals surface area contributed by atoms with Gasteiger partial charge in [-0.1, -0.05) is 33.8 Å². The van der Waals surface area contributed by atoms with Crippen molar-refractivity contribution in [3.05, 3.63) is 46.2 Å². The highest BCUT2D eigenvalue weighted by atomic mass is 79.9. The highest BCUT2D eigenvalue weighted by Gasteiger charge is 2.06. The molecule has 0 fully saturated rings. The number of halogens is 1. The molecule has 1 heterocycles. The number of aryl methyl sites for hydroxylation is 1. The number of nitrogens with two attached hydrogens (primary N) is 1. The molecule has 88 valence electrons. The summed E-state index contributed by atoms with van der Waals surface area (Å²) in [6.45, 7) is 1.97. The van der Waals surface area contributed by atoms with Gasteiger partial charge < -0.3 is 5.73 Å². The van der Waals surface area contributed by atoms with Gasteiger partial charge in [-0.15, -0.1) is 0 Å². The van der Waals surface area contributed by atoms with Gasteiger partial charge in [0.25, 0.3) is 0 Å². The Kier molecular flexibility index (Phi) is 4.02. The first-order chi connectivity index (χ1) is 8.16. The van der Waals surface area contributed by atoms with Crippen molar-refractivity contribution in [1.29, 1.82) is 0 Å². The quantitative estimate of drug-likeness (QED) is 0.536. The number of hydrogen-bond donors (Lipinski definition) is 1. The van der Waals surface area contributed by atoms with Crippen molar-refractivity contribution in [1.82, 2.24) is 9.97 Å². The molecule has 0 atom stereocenters. The molecule has 0 radical (unpaired) electrons. The number of aromatic nitrogens is 2. The number of hydrogen-bond acceptors (Lipinski definition) is 4. The van der Waals surface area contributed by atoms with Crippen molar-refractivity contribution in [3.63, 3.8) is 0 Å². The molecule has 1 aromatic carbocycles. The summed E-state index contributed by atoms with van der Waals surface area (Å²) in [5.74, 6) is 0.760. The first kappa shape index (κ1) is 12.4. The van der Waals surface area contributed by atoms with Crippen LogP contribution in [0.2, 0.25) is 0 Å². The van der Waals surface area contributed by atoms with Crippen LogP contribution in [0.3, 0.4) is 0 Å². The molecular weight excluding hydrogens is 298 g/mol. The lowest BCUT2D eigenvalue weighted by atomic mass is 10.2. The lowest BCUT2D eigenvalue weighted by Gasteiger charge is -2.07. The number of thioether (sulfide) groups is 1. The lowest BCUT2D eigenvalue weighted by Crippen LogP contribution is -1.94. The highest BCUT2D eigenvalue weighted by molar-refractivity contribution is 9.10. The fourth-order valence-electron chi connectivity index (χ4n) is 1.32. The molecular formula is C12H12BrN3S. The molecule has 0 unspecified atom stereocenters. The fourth-order valence-corrected chi connectivity index (χ4v) is 2.88. The summed E-state index contributed by atoms with van der Waals surface area (Å²) in [6.07, 6.45) is 3.64. The van der Waals surface area contributed by atoms with Gasteiger partial charge in [0.05, 0.1) is 0 Å². The van der Waals surface area contributed by atoms with Crippen LogP contribution in [0.5, 0.6) is 0 Å². The minimum Gasteiger partial charge on any atom is -0.398 e. The summed E-state index contributed by atoms with van der Waals surface area (Å²) < 4.78 is 1.03. The summed E-state index contributed by atoms with van der Waals surface area (Å²) in [5, 5.41) is 0.769. The molecule has 17 heavy (non-hydrogen) atoms. The van der Waals surface area contributed by atoms with E-state index in [0.717, 1.165) is 32.2 Å². The van der Waals surface area contributed by atoms with E-state index in [0.29, 0.717) is 0 Å². The van der Waals surface area contributed by atoms with E-state index in [1.165, 1.54) is 0 Å². The molecule has 2 aromatic rings. The van der Waals surface area contributed by atoms with Crippen molar-refractivity contribution in [2.24, 2.45) is 0 Å². The number of nitrogen functional groups attached to an aromatic ring is 1. The Morgan fingerprint density at radius 1 is 1.29 bits per heavy atom. The largest absolute Gasteiger partial charge is 0.398 e. The third-order valence-corrected chi connectivity index (χ3v) is 3.90. The molecule has 2 N–H and O–H groups in total. The van der Waals surface area contributed by atoms with E-state index in [1.54, 1.807) is 11.8 Å². The molecule has 0 saturated carbocycles. The average molecular weight is 310 g/mol. The summed E-state index contributed by atoms with van der Waals surface area (Å²) in [4.78, 5) is 8.50. The van der Waals surface area contributed by atoms with Gasteiger partial charge in [0.1, 0.15) is 0 Å². The van der Waals surface area contributed by atoms with Crippen molar-refractivity contribution in [3.8, 4) is 0 Å². The van der Waals surface area contributed by atoms with Gasteiger partial charge in [0.2, 0.25) is 0 Å². The van der Waals surface area contributed by atoms with Gasteiger partial charge in [-0.2, -0.15) is 0 Å². The van der Waals surface area contributed by atoms with Gasteiger partial charge in [-0.25, -0.2) is 9.97 Å². The molecule has 3 nitrogen and oxygen atoms in total. The van der Waals surface area contributed by atoms with Crippen LogP contribution < -0.4 is 5.73 Å². The Morgan fingerprint density at radius 3 is 2.65 bits per heavy atom. The monoisotopic (exact) mass is 309 g/mol. The number of anilines is 1. The van der Waals surface area contributed by atoms with Gasteiger partial charge in [0.15, 0.2) is 5.16 Å². The lowest BCUT2D eigenvalue weighted by molar-refractivity contribution is 0.949. The number of nitrogens with zero attached hydrogens (tertiary/aromatic N) is 2. The van der Waals surface area contributed by atoms with E-state index >= 15 is 0 Å². The molecule has 1 aromatic heterocycles. The van der Waals surface area contributed by atoms with E-state index in [4.69, 9.17) is 5.73 Å². The second-order valence-electron chi connectivity index (χ2n) is 3.64. The van der Waals surface area contributed by atoms with E-state index in [1.807, 2.05) is 37.5 Å². The van der Waals surface area contributed by atoms with Crippen molar-refractivity contribution >= 4 is 33.4 Å². The van der Waals surface area contributed by atoms with Crippen molar-refractivity contribution in [2.45, 2.75) is 17.8 Å². The fraction of sp³-hybridized carbons (Fsp3) is 0.167. The summed E-state index contributed by atoms with van der Waals surface area (Å²) in [7, 11) is 0. The zero-order valence-electron chi connectivity index (χ0n) is 9.35. The first-order valence-corrected chi connectivity index (χ1v) is 6.89. The molecule has 0 aliphatic heterocycles. The molecule has 5 heteroatoms. The molecule has 0 saturated heterocycles. The molecule has 2 rings (SSSR count). The minimum atomic E-state index is 0.760. The number of rotatable bonds is 3. The van der Waals surface area contributed by atoms with E-state index < -0.39 is 0 Å².